The van der Waals surface area contributed by atoms with Gasteiger partial charge in [0.25, 0.3) is 0 Å². The van der Waals surface area contributed by atoms with Gasteiger partial charge in [-0.1, -0.05) is 6.92 Å². The summed E-state index contributed by atoms with van der Waals surface area (Å²) in [7, 11) is 0. The minimum atomic E-state index is 0.485. The zero-order chi connectivity index (χ0) is 11.7. The molecule has 94 valence electrons. The topological polar surface area (TPSA) is 34.4 Å². The van der Waals surface area contributed by atoms with Crippen molar-refractivity contribution in [2.75, 3.05) is 6.54 Å². The Kier molecular flexibility index (Phi) is 3.21. The zero-order valence-corrected chi connectivity index (χ0v) is 10.4. The van der Waals surface area contributed by atoms with E-state index in [1.54, 1.807) is 6.26 Å². The molecule has 0 aromatic carbocycles. The molecule has 4 atom stereocenters. The van der Waals surface area contributed by atoms with Crippen LogP contribution in [0.3, 0.4) is 0 Å². The summed E-state index contributed by atoms with van der Waals surface area (Å²) in [5.74, 6) is 1.75. The first-order valence-corrected chi connectivity index (χ1v) is 6.78. The highest BCUT2D eigenvalue weighted by Crippen LogP contribution is 2.41. The van der Waals surface area contributed by atoms with E-state index in [2.05, 4.69) is 18.3 Å². The van der Waals surface area contributed by atoms with Crippen LogP contribution < -0.4 is 5.32 Å². The maximum absolute atomic E-state index is 5.96. The number of nitrogens with one attached hydrogen (secondary N) is 1. The average molecular weight is 235 g/mol. The molecular weight excluding hydrogens is 214 g/mol. The molecule has 2 aliphatic heterocycles. The van der Waals surface area contributed by atoms with Crippen LogP contribution in [0.1, 0.15) is 31.9 Å². The molecule has 0 spiro atoms. The van der Waals surface area contributed by atoms with Gasteiger partial charge in [0.2, 0.25) is 0 Å². The fourth-order valence-electron chi connectivity index (χ4n) is 3.38. The maximum atomic E-state index is 5.96. The molecule has 0 saturated carbocycles. The molecule has 4 unspecified atom stereocenters. The molecule has 1 N–H and O–H groups in total. The van der Waals surface area contributed by atoms with Crippen LogP contribution in [-0.4, -0.2) is 24.8 Å². The maximum Gasteiger partial charge on any atom is 0.105 e. The van der Waals surface area contributed by atoms with Crippen molar-refractivity contribution < 1.29 is 9.15 Å². The molecule has 2 aliphatic rings. The first kappa shape index (κ1) is 11.3. The molecule has 2 fully saturated rings. The molecular formula is C14H21NO2. The fraction of sp³-hybridized carbons (Fsp3) is 0.714. The van der Waals surface area contributed by atoms with Gasteiger partial charge in [0.05, 0.1) is 18.5 Å². The summed E-state index contributed by atoms with van der Waals surface area (Å²) in [6, 6.07) is 4.54. The second-order valence-corrected chi connectivity index (χ2v) is 5.22. The summed E-state index contributed by atoms with van der Waals surface area (Å²) in [6.45, 7) is 3.18. The van der Waals surface area contributed by atoms with Gasteiger partial charge in [-0.15, -0.1) is 0 Å². The molecule has 0 radical (unpaired) electrons. The summed E-state index contributed by atoms with van der Waals surface area (Å²) in [5.41, 5.74) is 0. The molecule has 0 aliphatic carbocycles. The van der Waals surface area contributed by atoms with Crippen LogP contribution in [0.15, 0.2) is 22.8 Å². The monoisotopic (exact) mass is 235 g/mol. The lowest BCUT2D eigenvalue weighted by atomic mass is 9.82. The van der Waals surface area contributed by atoms with Crippen molar-refractivity contribution in [3.05, 3.63) is 24.2 Å². The van der Waals surface area contributed by atoms with Crippen LogP contribution in [0.25, 0.3) is 0 Å². The van der Waals surface area contributed by atoms with Crippen LogP contribution in [0, 0.1) is 5.92 Å². The molecule has 0 amide bonds. The van der Waals surface area contributed by atoms with E-state index < -0.39 is 0 Å². The lowest BCUT2D eigenvalue weighted by Crippen LogP contribution is -2.42. The lowest BCUT2D eigenvalue weighted by molar-refractivity contribution is 0.0854. The van der Waals surface area contributed by atoms with Gasteiger partial charge < -0.3 is 14.5 Å². The van der Waals surface area contributed by atoms with Gasteiger partial charge in [-0.05, 0) is 37.9 Å². The van der Waals surface area contributed by atoms with E-state index in [0.717, 1.165) is 18.7 Å². The first-order valence-electron chi connectivity index (χ1n) is 6.78. The summed E-state index contributed by atoms with van der Waals surface area (Å²) in [4.78, 5) is 0. The largest absolute Gasteiger partial charge is 0.469 e. The number of hydrogen-bond donors (Lipinski definition) is 1. The Bertz CT molecular complexity index is 349. The van der Waals surface area contributed by atoms with Crippen LogP contribution in [0.4, 0.5) is 0 Å². The standard InChI is InChI=1S/C14H21NO2/c1-2-15-13(9-10-4-3-7-16-10)12-8-11-5-6-14(12)17-11/h3-4,7,11-15H,2,5-6,8-9H2,1H3. The second-order valence-electron chi connectivity index (χ2n) is 5.22. The Morgan fingerprint density at radius 1 is 1.47 bits per heavy atom. The number of fused-ring (bicyclic) bond motifs is 2. The molecule has 1 aromatic rings. The number of ether oxygens (including phenoxy) is 1. The normalized spacial score (nSPS) is 33.1. The highest BCUT2D eigenvalue weighted by molar-refractivity contribution is 5.04. The number of furan rings is 1. The molecule has 2 saturated heterocycles. The molecule has 17 heavy (non-hydrogen) atoms. The average Bonchev–Trinajstić information content (AvgIpc) is 3.05. The van der Waals surface area contributed by atoms with Crippen LogP contribution >= 0.6 is 0 Å². The molecule has 3 nitrogen and oxygen atoms in total. The van der Waals surface area contributed by atoms with Crippen molar-refractivity contribution in [2.24, 2.45) is 5.92 Å². The third-order valence-electron chi connectivity index (χ3n) is 4.14. The summed E-state index contributed by atoms with van der Waals surface area (Å²) < 4.78 is 11.4. The van der Waals surface area contributed by atoms with Crippen molar-refractivity contribution in [2.45, 2.75) is 50.9 Å². The van der Waals surface area contributed by atoms with Crippen LogP contribution in [-0.2, 0) is 11.2 Å². The van der Waals surface area contributed by atoms with Crippen molar-refractivity contribution in [1.29, 1.82) is 0 Å². The van der Waals surface area contributed by atoms with Gasteiger partial charge in [0.15, 0.2) is 0 Å². The van der Waals surface area contributed by atoms with Gasteiger partial charge in [0, 0.05) is 18.4 Å². The predicted octanol–water partition coefficient (Wildman–Crippen LogP) is 2.37. The van der Waals surface area contributed by atoms with E-state index >= 15 is 0 Å². The van der Waals surface area contributed by atoms with E-state index in [-0.39, 0.29) is 0 Å². The van der Waals surface area contributed by atoms with Crippen molar-refractivity contribution in [3.8, 4) is 0 Å². The Labute approximate surface area is 103 Å². The smallest absolute Gasteiger partial charge is 0.105 e. The van der Waals surface area contributed by atoms with E-state index in [0.29, 0.717) is 24.2 Å². The predicted molar refractivity (Wildman–Crippen MR) is 65.9 cm³/mol. The Balaban J connectivity index is 1.67. The SMILES string of the molecule is CCNC(Cc1ccco1)C1CC2CCC1O2. The lowest BCUT2D eigenvalue weighted by Gasteiger charge is -2.28. The second kappa shape index (κ2) is 4.83. The summed E-state index contributed by atoms with van der Waals surface area (Å²) >= 11 is 0. The van der Waals surface area contributed by atoms with E-state index in [9.17, 15) is 0 Å². The number of likely N-dealkylation sites (N-methyl/N-ethyl adjacent to an activating group) is 1. The Morgan fingerprint density at radius 3 is 3.00 bits per heavy atom. The molecule has 3 rings (SSSR count). The quantitative estimate of drug-likeness (QED) is 0.850. The number of rotatable bonds is 5. The van der Waals surface area contributed by atoms with Gasteiger partial charge in [0.1, 0.15) is 5.76 Å². The first-order chi connectivity index (χ1) is 8.36. The van der Waals surface area contributed by atoms with Gasteiger partial charge >= 0.3 is 0 Å². The van der Waals surface area contributed by atoms with E-state index in [1.165, 1.54) is 19.3 Å². The van der Waals surface area contributed by atoms with Gasteiger partial charge in [-0.3, -0.25) is 0 Å². The van der Waals surface area contributed by atoms with Crippen LogP contribution in [0.2, 0.25) is 0 Å². The van der Waals surface area contributed by atoms with E-state index in [1.807, 2.05) is 6.07 Å². The molecule has 3 heteroatoms. The van der Waals surface area contributed by atoms with Crippen molar-refractivity contribution in [3.63, 3.8) is 0 Å². The zero-order valence-electron chi connectivity index (χ0n) is 10.4. The third-order valence-corrected chi connectivity index (χ3v) is 4.14. The Morgan fingerprint density at radius 2 is 2.41 bits per heavy atom. The van der Waals surface area contributed by atoms with Crippen molar-refractivity contribution in [1.82, 2.24) is 5.32 Å². The molecule has 2 bridgehead atoms. The van der Waals surface area contributed by atoms with Gasteiger partial charge in [-0.2, -0.15) is 0 Å². The minimum absolute atomic E-state index is 0.485. The third kappa shape index (κ3) is 2.26. The van der Waals surface area contributed by atoms with E-state index in [4.69, 9.17) is 9.15 Å². The summed E-state index contributed by atoms with van der Waals surface area (Å²) in [6.07, 6.45) is 7.49. The minimum Gasteiger partial charge on any atom is -0.469 e. The van der Waals surface area contributed by atoms with Crippen LogP contribution in [0.5, 0.6) is 0 Å². The highest BCUT2D eigenvalue weighted by atomic mass is 16.5. The Hall–Kier alpha value is -0.800. The molecule has 3 heterocycles. The number of hydrogen-bond acceptors (Lipinski definition) is 3. The molecule has 1 aromatic heterocycles. The fourth-order valence-corrected chi connectivity index (χ4v) is 3.38. The summed E-state index contributed by atoms with van der Waals surface area (Å²) in [5, 5.41) is 3.61. The van der Waals surface area contributed by atoms with Crippen molar-refractivity contribution >= 4 is 0 Å². The highest BCUT2D eigenvalue weighted by Gasteiger charge is 2.44. The van der Waals surface area contributed by atoms with Gasteiger partial charge in [-0.25, -0.2) is 0 Å².